The fourth-order valence-corrected chi connectivity index (χ4v) is 8.55. The maximum absolute atomic E-state index is 14.1. The SMILES string of the molecule is CCCSP(=O)(Oc1c(C)cc(Cl)cc1Cl)Oc1c(O)c(S(C)=O)cc2c1C=C1C=C(C#N)C=CC1N2. The Bertz CT molecular complexity index is 1460. The molecule has 0 bridgehead atoms. The van der Waals surface area contributed by atoms with Gasteiger partial charge in [0.1, 0.15) is 0 Å². The van der Waals surface area contributed by atoms with E-state index in [1.807, 2.05) is 13.0 Å². The van der Waals surface area contributed by atoms with E-state index >= 15 is 0 Å². The van der Waals surface area contributed by atoms with Crippen molar-refractivity contribution in [2.45, 2.75) is 31.2 Å². The van der Waals surface area contributed by atoms with Gasteiger partial charge < -0.3 is 19.5 Å². The zero-order valence-electron chi connectivity index (χ0n) is 20.1. The molecule has 2 aromatic carbocycles. The average molecular weight is 597 g/mol. The van der Waals surface area contributed by atoms with Gasteiger partial charge in [-0.1, -0.05) is 36.2 Å². The van der Waals surface area contributed by atoms with E-state index in [4.69, 9.17) is 32.2 Å². The van der Waals surface area contributed by atoms with Gasteiger partial charge in [0.05, 0.1) is 38.4 Å². The Morgan fingerprint density at radius 1 is 1.24 bits per heavy atom. The van der Waals surface area contributed by atoms with Crippen molar-refractivity contribution in [3.63, 3.8) is 0 Å². The number of fused-ring (bicyclic) bond motifs is 2. The van der Waals surface area contributed by atoms with Gasteiger partial charge in [-0.25, -0.2) is 4.57 Å². The zero-order valence-corrected chi connectivity index (χ0v) is 24.1. The standard InChI is InChI=1S/C25H23Cl2N2O5PS2/c1-4-7-36-35(31,33-24-14(2)8-17(26)11-19(24)27)34-25-18-10-16-9-15(13-28)5-6-20(16)29-21(18)12-22(23(25)30)37(3)32/h5-6,8-12,20,29-30H,4,7H2,1-3H3. The number of nitrogens with one attached hydrogen (secondary N) is 1. The number of phenols is 1. The summed E-state index contributed by atoms with van der Waals surface area (Å²) in [6.07, 6.45) is 9.10. The second-order valence-corrected chi connectivity index (χ2v) is 14.5. The highest BCUT2D eigenvalue weighted by atomic mass is 35.5. The van der Waals surface area contributed by atoms with Gasteiger partial charge in [-0.3, -0.25) is 4.21 Å². The van der Waals surface area contributed by atoms with Crippen molar-refractivity contribution < 1.29 is 22.9 Å². The van der Waals surface area contributed by atoms with E-state index in [9.17, 15) is 19.1 Å². The normalized spacial score (nSPS) is 18.2. The molecule has 3 unspecified atom stereocenters. The molecule has 2 N–H and O–H groups in total. The Morgan fingerprint density at radius 3 is 2.62 bits per heavy atom. The van der Waals surface area contributed by atoms with E-state index < -0.39 is 23.3 Å². The Morgan fingerprint density at radius 2 is 1.97 bits per heavy atom. The molecule has 4 rings (SSSR count). The summed E-state index contributed by atoms with van der Waals surface area (Å²) in [7, 11) is -1.58. The molecule has 0 radical (unpaired) electrons. The summed E-state index contributed by atoms with van der Waals surface area (Å²) in [6, 6.07) is 6.54. The van der Waals surface area contributed by atoms with Crippen LogP contribution in [0.2, 0.25) is 10.0 Å². The lowest BCUT2D eigenvalue weighted by molar-refractivity contribution is 0.382. The molecule has 0 spiro atoms. The highest BCUT2D eigenvalue weighted by Crippen LogP contribution is 2.63. The van der Waals surface area contributed by atoms with Gasteiger partial charge >= 0.3 is 6.80 Å². The maximum Gasteiger partial charge on any atom is 0.493 e. The van der Waals surface area contributed by atoms with Crippen LogP contribution in [0.25, 0.3) is 6.08 Å². The van der Waals surface area contributed by atoms with Crippen molar-refractivity contribution in [2.75, 3.05) is 17.3 Å². The summed E-state index contributed by atoms with van der Waals surface area (Å²) in [5.41, 5.74) is 2.68. The summed E-state index contributed by atoms with van der Waals surface area (Å²) < 4.78 is 38.6. The van der Waals surface area contributed by atoms with Gasteiger partial charge in [0, 0.05) is 28.3 Å². The monoisotopic (exact) mass is 596 g/mol. The van der Waals surface area contributed by atoms with Crippen molar-refractivity contribution in [3.05, 3.63) is 68.7 Å². The summed E-state index contributed by atoms with van der Waals surface area (Å²) in [5.74, 6) is 0.0338. The third-order valence-electron chi connectivity index (χ3n) is 5.52. The number of nitriles is 1. The molecule has 0 fully saturated rings. The van der Waals surface area contributed by atoms with Crippen molar-refractivity contribution in [2.24, 2.45) is 0 Å². The summed E-state index contributed by atoms with van der Waals surface area (Å²) in [4.78, 5) is 0.110. The quantitative estimate of drug-likeness (QED) is 0.236. The smallest absolute Gasteiger partial charge is 0.493 e. The molecule has 12 heteroatoms. The third kappa shape index (κ3) is 5.89. The van der Waals surface area contributed by atoms with E-state index in [1.165, 1.54) is 12.3 Å². The molecule has 0 saturated carbocycles. The van der Waals surface area contributed by atoms with Crippen LogP contribution in [-0.2, 0) is 15.4 Å². The van der Waals surface area contributed by atoms with E-state index in [1.54, 1.807) is 37.3 Å². The van der Waals surface area contributed by atoms with Crippen LogP contribution >= 0.6 is 41.4 Å². The zero-order chi connectivity index (χ0) is 26.9. The molecule has 0 saturated heterocycles. The van der Waals surface area contributed by atoms with Crippen LogP contribution in [0.5, 0.6) is 17.2 Å². The molecule has 37 heavy (non-hydrogen) atoms. The molecule has 1 aliphatic heterocycles. The predicted octanol–water partition coefficient (Wildman–Crippen LogP) is 7.65. The number of anilines is 1. The summed E-state index contributed by atoms with van der Waals surface area (Å²) >= 11 is 13.4. The van der Waals surface area contributed by atoms with Gasteiger partial charge in [-0.2, -0.15) is 5.26 Å². The molecular formula is C25H23Cl2N2O5PS2. The van der Waals surface area contributed by atoms with Crippen molar-refractivity contribution in [3.8, 4) is 23.3 Å². The van der Waals surface area contributed by atoms with Crippen LogP contribution in [0.3, 0.4) is 0 Å². The van der Waals surface area contributed by atoms with E-state index in [2.05, 4.69) is 11.4 Å². The van der Waals surface area contributed by atoms with E-state index in [0.29, 0.717) is 39.6 Å². The highest BCUT2D eigenvalue weighted by molar-refractivity contribution is 8.55. The first-order chi connectivity index (χ1) is 17.5. The van der Waals surface area contributed by atoms with Crippen LogP contribution < -0.4 is 14.4 Å². The van der Waals surface area contributed by atoms with Crippen LogP contribution in [0.15, 0.2) is 52.5 Å². The lowest BCUT2D eigenvalue weighted by Crippen LogP contribution is -2.24. The first kappa shape index (κ1) is 27.7. The highest BCUT2D eigenvalue weighted by Gasteiger charge is 2.36. The number of hydrogen-bond acceptors (Lipinski definition) is 8. The van der Waals surface area contributed by atoms with Crippen LogP contribution in [0.1, 0.15) is 24.5 Å². The lowest BCUT2D eigenvalue weighted by Gasteiger charge is -2.29. The molecule has 194 valence electrons. The number of aryl methyl sites for hydroxylation is 1. The summed E-state index contributed by atoms with van der Waals surface area (Å²) in [5, 5.41) is 24.3. The summed E-state index contributed by atoms with van der Waals surface area (Å²) in [6.45, 7) is -0.402. The topological polar surface area (TPSA) is 109 Å². The third-order valence-corrected chi connectivity index (χ3v) is 10.6. The molecule has 1 heterocycles. The fourth-order valence-electron chi connectivity index (χ4n) is 3.81. The lowest BCUT2D eigenvalue weighted by atomic mass is 9.91. The van der Waals surface area contributed by atoms with Crippen LogP contribution in [0.4, 0.5) is 5.69 Å². The minimum Gasteiger partial charge on any atom is -0.503 e. The van der Waals surface area contributed by atoms with Gasteiger partial charge in [0.2, 0.25) is 0 Å². The van der Waals surface area contributed by atoms with E-state index in [0.717, 1.165) is 17.0 Å². The Hall–Kier alpha value is -2.34. The van der Waals surface area contributed by atoms with Gasteiger partial charge in [-0.15, -0.1) is 0 Å². The molecule has 1 aliphatic carbocycles. The number of hydrogen-bond donors (Lipinski definition) is 2. The number of phenolic OH excluding ortho intramolecular Hbond substituents is 1. The van der Waals surface area contributed by atoms with Gasteiger partial charge in [0.15, 0.2) is 17.2 Å². The average Bonchev–Trinajstić information content (AvgIpc) is 2.85. The second-order valence-electron chi connectivity index (χ2n) is 8.30. The number of benzene rings is 2. The molecule has 2 aliphatic rings. The molecule has 0 amide bonds. The Labute approximate surface area is 231 Å². The number of rotatable bonds is 8. The number of allylic oxidation sites excluding steroid dienone is 2. The van der Waals surface area contributed by atoms with Crippen molar-refractivity contribution >= 4 is 63.9 Å². The van der Waals surface area contributed by atoms with Gasteiger partial charge in [-0.05, 0) is 72.3 Å². The van der Waals surface area contributed by atoms with Gasteiger partial charge in [0.25, 0.3) is 0 Å². The molecule has 7 nitrogen and oxygen atoms in total. The molecular weight excluding hydrogens is 574 g/mol. The Kier molecular flexibility index (Phi) is 8.37. The van der Waals surface area contributed by atoms with Crippen molar-refractivity contribution in [1.29, 1.82) is 5.26 Å². The second kappa shape index (κ2) is 11.2. The van der Waals surface area contributed by atoms with E-state index in [-0.39, 0.29) is 27.5 Å². The first-order valence-electron chi connectivity index (χ1n) is 11.2. The number of aromatic hydroxyl groups is 1. The van der Waals surface area contributed by atoms with Crippen molar-refractivity contribution in [1.82, 2.24) is 0 Å². The van der Waals surface area contributed by atoms with Crippen LogP contribution in [0, 0.1) is 18.3 Å². The Balaban J connectivity index is 1.86. The largest absolute Gasteiger partial charge is 0.503 e. The molecule has 2 aromatic rings. The number of halogens is 2. The maximum atomic E-state index is 14.1. The minimum absolute atomic E-state index is 0.110. The van der Waals surface area contributed by atoms with Crippen LogP contribution in [-0.4, -0.2) is 27.4 Å². The number of nitrogens with zero attached hydrogens (tertiary/aromatic N) is 1. The first-order valence-corrected chi connectivity index (χ1v) is 16.6. The molecule has 0 aromatic heterocycles. The molecule has 3 atom stereocenters. The fraction of sp³-hybridized carbons (Fsp3) is 0.240. The predicted molar refractivity (Wildman–Crippen MR) is 151 cm³/mol. The minimum atomic E-state index is -4.03.